The van der Waals surface area contributed by atoms with E-state index in [1.54, 1.807) is 6.20 Å². The summed E-state index contributed by atoms with van der Waals surface area (Å²) in [5.41, 5.74) is 6.40. The lowest BCUT2D eigenvalue weighted by Crippen LogP contribution is -2.38. The zero-order valence-electron chi connectivity index (χ0n) is 11.5. The van der Waals surface area contributed by atoms with Crippen molar-refractivity contribution in [3.63, 3.8) is 0 Å². The van der Waals surface area contributed by atoms with Crippen molar-refractivity contribution >= 4 is 5.69 Å². The van der Waals surface area contributed by atoms with Crippen molar-refractivity contribution in [2.75, 3.05) is 46.0 Å². The van der Waals surface area contributed by atoms with Crippen LogP contribution in [0, 0.1) is 5.92 Å². The third-order valence-corrected chi connectivity index (χ3v) is 3.63. The summed E-state index contributed by atoms with van der Waals surface area (Å²) in [5, 5.41) is 4.21. The molecule has 2 rings (SSSR count). The van der Waals surface area contributed by atoms with E-state index in [0.29, 0.717) is 0 Å². The second-order valence-electron chi connectivity index (χ2n) is 5.58. The predicted octanol–water partition coefficient (Wildman–Crippen LogP) is 0.739. The van der Waals surface area contributed by atoms with Crippen molar-refractivity contribution in [2.24, 2.45) is 5.92 Å². The van der Waals surface area contributed by atoms with Gasteiger partial charge in [0.1, 0.15) is 0 Å². The molecule has 0 aromatic carbocycles. The third-order valence-electron chi connectivity index (χ3n) is 3.63. The zero-order chi connectivity index (χ0) is 13.0. The number of anilines is 1. The van der Waals surface area contributed by atoms with Gasteiger partial charge in [-0.1, -0.05) is 0 Å². The van der Waals surface area contributed by atoms with E-state index in [0.717, 1.165) is 24.7 Å². The first kappa shape index (κ1) is 13.4. The standard InChI is InChI=1S/C13H25N5/c1-16(2)10-12-3-5-17(6-4-12)7-8-18-11-13(14)9-15-18/h9,11-12H,3-8,10,14H2,1-2H3. The molecule has 0 atom stereocenters. The van der Waals surface area contributed by atoms with Gasteiger partial charge in [-0.3, -0.25) is 4.68 Å². The number of nitrogens with zero attached hydrogens (tertiary/aromatic N) is 4. The first-order valence-electron chi connectivity index (χ1n) is 6.78. The summed E-state index contributed by atoms with van der Waals surface area (Å²) >= 11 is 0. The molecule has 1 aliphatic heterocycles. The van der Waals surface area contributed by atoms with Crippen molar-refractivity contribution in [3.05, 3.63) is 12.4 Å². The molecule has 0 bridgehead atoms. The summed E-state index contributed by atoms with van der Waals surface area (Å²) in [6.45, 7) is 5.68. The van der Waals surface area contributed by atoms with Crippen molar-refractivity contribution in [2.45, 2.75) is 19.4 Å². The van der Waals surface area contributed by atoms with Crippen LogP contribution < -0.4 is 5.73 Å². The smallest absolute Gasteiger partial charge is 0.0719 e. The van der Waals surface area contributed by atoms with Crippen molar-refractivity contribution < 1.29 is 0 Å². The van der Waals surface area contributed by atoms with Crippen LogP contribution >= 0.6 is 0 Å². The fourth-order valence-corrected chi connectivity index (χ4v) is 2.65. The number of piperidine rings is 1. The average Bonchev–Trinajstić information content (AvgIpc) is 2.74. The van der Waals surface area contributed by atoms with E-state index in [1.807, 2.05) is 10.9 Å². The van der Waals surface area contributed by atoms with Crippen LogP contribution in [0.5, 0.6) is 0 Å². The maximum atomic E-state index is 5.65. The van der Waals surface area contributed by atoms with E-state index in [4.69, 9.17) is 5.73 Å². The number of hydrogen-bond acceptors (Lipinski definition) is 4. The molecule has 0 amide bonds. The molecule has 2 heterocycles. The van der Waals surface area contributed by atoms with Crippen LogP contribution in [0.4, 0.5) is 5.69 Å². The van der Waals surface area contributed by atoms with Crippen LogP contribution in [0.25, 0.3) is 0 Å². The Morgan fingerprint density at radius 3 is 2.61 bits per heavy atom. The quantitative estimate of drug-likeness (QED) is 0.838. The van der Waals surface area contributed by atoms with Crippen LogP contribution in [0.15, 0.2) is 12.4 Å². The summed E-state index contributed by atoms with van der Waals surface area (Å²) in [5.74, 6) is 0.872. The van der Waals surface area contributed by atoms with Crippen molar-refractivity contribution in [1.29, 1.82) is 0 Å². The minimum atomic E-state index is 0.750. The fourth-order valence-electron chi connectivity index (χ4n) is 2.65. The van der Waals surface area contributed by atoms with Gasteiger partial charge in [0.2, 0.25) is 0 Å². The summed E-state index contributed by atoms with van der Waals surface area (Å²) in [4.78, 5) is 4.83. The molecule has 1 aromatic rings. The number of nitrogen functional groups attached to an aromatic ring is 1. The Morgan fingerprint density at radius 1 is 1.33 bits per heavy atom. The van der Waals surface area contributed by atoms with E-state index in [1.165, 1.54) is 32.5 Å². The Kier molecular flexibility index (Phi) is 4.60. The molecule has 1 saturated heterocycles. The number of aromatic nitrogens is 2. The van der Waals surface area contributed by atoms with Gasteiger partial charge in [-0.25, -0.2) is 0 Å². The maximum Gasteiger partial charge on any atom is 0.0719 e. The molecular weight excluding hydrogens is 226 g/mol. The SMILES string of the molecule is CN(C)CC1CCN(CCn2cc(N)cn2)CC1. The normalized spacial score (nSPS) is 18.6. The molecule has 0 saturated carbocycles. The molecule has 5 nitrogen and oxygen atoms in total. The summed E-state index contributed by atoms with van der Waals surface area (Å²) in [6, 6.07) is 0. The lowest BCUT2D eigenvalue weighted by atomic mass is 9.96. The van der Waals surface area contributed by atoms with E-state index in [-0.39, 0.29) is 0 Å². The predicted molar refractivity (Wildman–Crippen MR) is 74.4 cm³/mol. The van der Waals surface area contributed by atoms with Gasteiger partial charge >= 0.3 is 0 Å². The Hall–Kier alpha value is -1.07. The van der Waals surface area contributed by atoms with Crippen LogP contribution in [-0.2, 0) is 6.54 Å². The molecule has 18 heavy (non-hydrogen) atoms. The molecule has 5 heteroatoms. The molecule has 1 fully saturated rings. The van der Waals surface area contributed by atoms with Crippen molar-refractivity contribution in [1.82, 2.24) is 19.6 Å². The molecule has 0 radical (unpaired) electrons. The molecule has 1 aromatic heterocycles. The topological polar surface area (TPSA) is 50.3 Å². The summed E-state index contributed by atoms with van der Waals surface area (Å²) in [7, 11) is 4.32. The van der Waals surface area contributed by atoms with Gasteiger partial charge in [-0.15, -0.1) is 0 Å². The monoisotopic (exact) mass is 251 g/mol. The van der Waals surface area contributed by atoms with E-state index in [2.05, 4.69) is 29.0 Å². The second kappa shape index (κ2) is 6.20. The van der Waals surface area contributed by atoms with Gasteiger partial charge in [0.15, 0.2) is 0 Å². The molecule has 102 valence electrons. The zero-order valence-corrected chi connectivity index (χ0v) is 11.5. The molecule has 0 unspecified atom stereocenters. The molecule has 0 aliphatic carbocycles. The third kappa shape index (κ3) is 3.99. The fraction of sp³-hybridized carbons (Fsp3) is 0.769. The van der Waals surface area contributed by atoms with Crippen LogP contribution in [0.3, 0.4) is 0 Å². The highest BCUT2D eigenvalue weighted by atomic mass is 15.3. The Bertz CT molecular complexity index is 352. The number of likely N-dealkylation sites (tertiary alicyclic amines) is 1. The number of nitrogens with two attached hydrogens (primary N) is 1. The second-order valence-corrected chi connectivity index (χ2v) is 5.58. The van der Waals surface area contributed by atoms with Crippen LogP contribution in [0.2, 0.25) is 0 Å². The van der Waals surface area contributed by atoms with E-state index in [9.17, 15) is 0 Å². The van der Waals surface area contributed by atoms with Gasteiger partial charge in [0, 0.05) is 19.3 Å². The number of rotatable bonds is 5. The molecule has 2 N–H and O–H groups in total. The number of hydrogen-bond donors (Lipinski definition) is 1. The van der Waals surface area contributed by atoms with E-state index < -0.39 is 0 Å². The van der Waals surface area contributed by atoms with Gasteiger partial charge in [0.05, 0.1) is 18.4 Å². The highest BCUT2D eigenvalue weighted by molar-refractivity contribution is 5.30. The summed E-state index contributed by atoms with van der Waals surface area (Å²) in [6.07, 6.45) is 6.25. The lowest BCUT2D eigenvalue weighted by Gasteiger charge is -2.33. The maximum absolute atomic E-state index is 5.65. The van der Waals surface area contributed by atoms with Gasteiger partial charge in [-0.05, 0) is 45.9 Å². The Labute approximate surface area is 110 Å². The minimum absolute atomic E-state index is 0.750. The summed E-state index contributed by atoms with van der Waals surface area (Å²) < 4.78 is 1.93. The van der Waals surface area contributed by atoms with Crippen LogP contribution in [-0.4, -0.2) is 59.9 Å². The van der Waals surface area contributed by atoms with E-state index >= 15 is 0 Å². The highest BCUT2D eigenvalue weighted by Crippen LogP contribution is 2.17. The molecular formula is C13H25N5. The first-order chi connectivity index (χ1) is 8.63. The van der Waals surface area contributed by atoms with Crippen LogP contribution in [0.1, 0.15) is 12.8 Å². The lowest BCUT2D eigenvalue weighted by molar-refractivity contribution is 0.157. The van der Waals surface area contributed by atoms with Gasteiger partial charge in [-0.2, -0.15) is 5.10 Å². The Balaban J connectivity index is 1.67. The van der Waals surface area contributed by atoms with Gasteiger partial charge < -0.3 is 15.5 Å². The van der Waals surface area contributed by atoms with Gasteiger partial charge in [0.25, 0.3) is 0 Å². The first-order valence-corrected chi connectivity index (χ1v) is 6.78. The minimum Gasteiger partial charge on any atom is -0.396 e. The average molecular weight is 251 g/mol. The Morgan fingerprint density at radius 2 is 2.06 bits per heavy atom. The van der Waals surface area contributed by atoms with Crippen molar-refractivity contribution in [3.8, 4) is 0 Å². The molecule has 1 aliphatic rings. The molecule has 0 spiro atoms. The largest absolute Gasteiger partial charge is 0.396 e. The highest BCUT2D eigenvalue weighted by Gasteiger charge is 2.19.